The van der Waals surface area contributed by atoms with E-state index in [1.807, 2.05) is 13.8 Å². The van der Waals surface area contributed by atoms with Gasteiger partial charge in [-0.3, -0.25) is 9.36 Å². The van der Waals surface area contributed by atoms with Gasteiger partial charge in [-0.2, -0.15) is 0 Å². The van der Waals surface area contributed by atoms with Gasteiger partial charge in [0, 0.05) is 19.3 Å². The van der Waals surface area contributed by atoms with Crippen LogP contribution in [0.1, 0.15) is 53.4 Å². The summed E-state index contributed by atoms with van der Waals surface area (Å²) in [6, 6.07) is -0.642. The van der Waals surface area contributed by atoms with Crippen LogP contribution in [-0.2, 0) is 18.9 Å². The number of hydrogen-bond donors (Lipinski definition) is 2. The summed E-state index contributed by atoms with van der Waals surface area (Å²) in [6.45, 7) is 7.80. The molecule has 0 saturated carbocycles. The highest BCUT2D eigenvalue weighted by atomic mass is 31.2. The second kappa shape index (κ2) is 8.97. The van der Waals surface area contributed by atoms with Crippen LogP contribution >= 0.6 is 7.60 Å². The fourth-order valence-corrected chi connectivity index (χ4v) is 4.26. The van der Waals surface area contributed by atoms with Crippen LogP contribution in [-0.4, -0.2) is 45.8 Å². The maximum atomic E-state index is 12.3. The Kier molecular flexibility index (Phi) is 7.85. The smallest absolute Gasteiger partial charge is 0.348 e. The van der Waals surface area contributed by atoms with Crippen LogP contribution in [0.4, 0.5) is 0 Å². The van der Waals surface area contributed by atoms with E-state index < -0.39 is 25.0 Å². The molecule has 0 aliphatic carbocycles. The van der Waals surface area contributed by atoms with Crippen molar-refractivity contribution >= 4 is 19.5 Å². The molecule has 7 nitrogen and oxygen atoms in total. The molecule has 1 aliphatic rings. The number of rotatable bonds is 7. The molecule has 2 atom stereocenters. The maximum absolute atomic E-state index is 12.3. The van der Waals surface area contributed by atoms with Gasteiger partial charge in [0.1, 0.15) is 6.04 Å². The Morgan fingerprint density at radius 1 is 1.28 bits per heavy atom. The van der Waals surface area contributed by atoms with Crippen LogP contribution in [0.3, 0.4) is 0 Å². The number of ether oxygens (including phenoxy) is 1. The Morgan fingerprint density at radius 2 is 1.88 bits per heavy atom. The van der Waals surface area contributed by atoms with E-state index in [1.54, 1.807) is 13.0 Å². The third-order valence-corrected chi connectivity index (χ3v) is 5.83. The van der Waals surface area contributed by atoms with Crippen molar-refractivity contribution in [1.29, 1.82) is 0 Å². The van der Waals surface area contributed by atoms with Crippen molar-refractivity contribution in [2.24, 2.45) is 11.3 Å². The van der Waals surface area contributed by atoms with Crippen molar-refractivity contribution in [3.8, 4) is 0 Å². The minimum absolute atomic E-state index is 0.0373. The van der Waals surface area contributed by atoms with Gasteiger partial charge in [0.05, 0.1) is 6.61 Å². The van der Waals surface area contributed by atoms with Gasteiger partial charge in [-0.1, -0.05) is 19.9 Å². The van der Waals surface area contributed by atoms with Crippen molar-refractivity contribution in [2.45, 2.75) is 59.4 Å². The molecule has 2 N–H and O–H groups in total. The summed E-state index contributed by atoms with van der Waals surface area (Å²) >= 11 is 0. The Balaban J connectivity index is 3.13. The van der Waals surface area contributed by atoms with Crippen LogP contribution in [0.25, 0.3) is 0 Å². The molecule has 1 rings (SSSR count). The van der Waals surface area contributed by atoms with Gasteiger partial charge in [-0.05, 0) is 43.9 Å². The maximum Gasteiger partial charge on any atom is 0.348 e. The number of amides is 1. The summed E-state index contributed by atoms with van der Waals surface area (Å²) in [5.74, 6) is 0.426. The van der Waals surface area contributed by atoms with Gasteiger partial charge < -0.3 is 19.4 Å². The van der Waals surface area contributed by atoms with Crippen LogP contribution < -0.4 is 0 Å². The van der Waals surface area contributed by atoms with Crippen molar-refractivity contribution in [1.82, 2.24) is 4.90 Å². The largest absolute Gasteiger partial charge is 0.464 e. The molecule has 0 bridgehead atoms. The van der Waals surface area contributed by atoms with Crippen molar-refractivity contribution in [3.05, 3.63) is 11.9 Å². The Bertz CT molecular complexity index is 551. The second-order valence-electron chi connectivity index (χ2n) is 6.55. The summed E-state index contributed by atoms with van der Waals surface area (Å²) in [5.41, 5.74) is -0.422. The number of likely N-dealkylation sites (tertiary alicyclic amines) is 1. The predicted octanol–water partition coefficient (Wildman–Crippen LogP) is 2.67. The molecule has 0 aromatic heterocycles. The third-order valence-electron chi connectivity index (χ3n) is 5.30. The van der Waals surface area contributed by atoms with Crippen LogP contribution in [0.2, 0.25) is 0 Å². The average Bonchev–Trinajstić information content (AvgIpc) is 2.55. The fourth-order valence-electron chi connectivity index (χ4n) is 3.77. The molecule has 0 aromatic rings. The zero-order valence-corrected chi connectivity index (χ0v) is 16.4. The van der Waals surface area contributed by atoms with Crippen molar-refractivity contribution < 1.29 is 28.7 Å². The zero-order chi connectivity index (χ0) is 19.3. The lowest BCUT2D eigenvalue weighted by Crippen LogP contribution is -2.52. The first-order valence-corrected chi connectivity index (χ1v) is 10.5. The molecule has 1 fully saturated rings. The number of hydrogen-bond acceptors (Lipinski definition) is 4. The van der Waals surface area contributed by atoms with E-state index in [2.05, 4.69) is 0 Å². The number of piperidine rings is 1. The lowest BCUT2D eigenvalue weighted by molar-refractivity contribution is -0.158. The van der Waals surface area contributed by atoms with Gasteiger partial charge in [0.25, 0.3) is 0 Å². The van der Waals surface area contributed by atoms with E-state index in [4.69, 9.17) is 4.74 Å². The number of nitrogens with zero attached hydrogens (tertiary/aromatic N) is 1. The van der Waals surface area contributed by atoms with E-state index >= 15 is 0 Å². The van der Waals surface area contributed by atoms with Crippen LogP contribution in [0, 0.1) is 11.3 Å². The third kappa shape index (κ3) is 5.66. The Hall–Kier alpha value is -1.17. The second-order valence-corrected chi connectivity index (χ2v) is 8.02. The van der Waals surface area contributed by atoms with Gasteiger partial charge in [0.2, 0.25) is 5.91 Å². The monoisotopic (exact) mass is 375 g/mol. The van der Waals surface area contributed by atoms with E-state index in [9.17, 15) is 23.9 Å². The molecular formula is C17H30NO6P. The SMILES string of the molecule is CCOC(=O)C1CC(C(C=CP(=O)(O)O)(CC)CC)CCN1C(C)=O. The highest BCUT2D eigenvalue weighted by molar-refractivity contribution is 7.55. The molecule has 2 unspecified atom stereocenters. The van der Waals surface area contributed by atoms with Crippen LogP contribution in [0.15, 0.2) is 11.9 Å². The average molecular weight is 375 g/mol. The van der Waals surface area contributed by atoms with E-state index in [0.29, 0.717) is 32.2 Å². The molecule has 1 saturated heterocycles. The molecule has 0 spiro atoms. The minimum Gasteiger partial charge on any atom is -0.464 e. The number of carbonyl (C=O) groups is 2. The first-order chi connectivity index (χ1) is 11.6. The molecule has 1 heterocycles. The number of allylic oxidation sites excluding steroid dienone is 1. The molecule has 1 aliphatic heterocycles. The van der Waals surface area contributed by atoms with E-state index in [0.717, 1.165) is 5.82 Å². The van der Waals surface area contributed by atoms with Crippen molar-refractivity contribution in [2.75, 3.05) is 13.2 Å². The van der Waals surface area contributed by atoms with Gasteiger partial charge in [0.15, 0.2) is 0 Å². The lowest BCUT2D eigenvalue weighted by atomic mass is 9.66. The summed E-state index contributed by atoms with van der Waals surface area (Å²) in [7, 11) is -4.25. The summed E-state index contributed by atoms with van der Waals surface area (Å²) in [4.78, 5) is 44.1. The zero-order valence-electron chi connectivity index (χ0n) is 15.5. The molecule has 25 heavy (non-hydrogen) atoms. The lowest BCUT2D eigenvalue weighted by Gasteiger charge is -2.45. The normalized spacial score (nSPS) is 22.2. The molecule has 0 radical (unpaired) electrons. The highest BCUT2D eigenvalue weighted by Crippen LogP contribution is 2.47. The topological polar surface area (TPSA) is 104 Å². The number of esters is 1. The molecule has 1 amide bonds. The first-order valence-electron chi connectivity index (χ1n) is 8.79. The molecular weight excluding hydrogens is 345 g/mol. The number of carbonyl (C=O) groups excluding carboxylic acids is 2. The van der Waals surface area contributed by atoms with Gasteiger partial charge in [-0.25, -0.2) is 4.79 Å². The predicted molar refractivity (Wildman–Crippen MR) is 94.7 cm³/mol. The Labute approximate surface area is 149 Å². The van der Waals surface area contributed by atoms with Crippen LogP contribution in [0.5, 0.6) is 0 Å². The van der Waals surface area contributed by atoms with Gasteiger partial charge >= 0.3 is 13.6 Å². The summed E-state index contributed by atoms with van der Waals surface area (Å²) in [6.07, 6.45) is 4.12. The molecule has 0 aromatic carbocycles. The quantitative estimate of drug-likeness (QED) is 0.524. The highest BCUT2D eigenvalue weighted by Gasteiger charge is 2.43. The van der Waals surface area contributed by atoms with Crippen molar-refractivity contribution in [3.63, 3.8) is 0 Å². The van der Waals surface area contributed by atoms with E-state index in [1.165, 1.54) is 11.8 Å². The first kappa shape index (κ1) is 21.9. The standard InChI is InChI=1S/C17H30NO6P/c1-5-17(6-2,9-11-25(21,22)23)14-8-10-18(13(4)19)15(12-14)16(20)24-7-3/h9,11,14-15H,5-8,10,12H2,1-4H3,(H2,21,22,23). The summed E-state index contributed by atoms with van der Waals surface area (Å²) < 4.78 is 16.4. The van der Waals surface area contributed by atoms with Gasteiger partial charge in [-0.15, -0.1) is 0 Å². The fraction of sp³-hybridized carbons (Fsp3) is 0.765. The summed E-state index contributed by atoms with van der Waals surface area (Å²) in [5, 5.41) is 0. The van der Waals surface area contributed by atoms with E-state index in [-0.39, 0.29) is 18.4 Å². The Morgan fingerprint density at radius 3 is 2.32 bits per heavy atom. The molecule has 144 valence electrons. The minimum atomic E-state index is -4.25. The molecule has 8 heteroatoms.